The van der Waals surface area contributed by atoms with Crippen LogP contribution in [0, 0.1) is 11.8 Å². The third kappa shape index (κ3) is 5.28. The van der Waals surface area contributed by atoms with Crippen LogP contribution in [0.3, 0.4) is 0 Å². The van der Waals surface area contributed by atoms with Gasteiger partial charge in [0.2, 0.25) is 5.91 Å². The third-order valence-corrected chi connectivity index (χ3v) is 5.97. The lowest BCUT2D eigenvalue weighted by atomic mass is 9.85. The van der Waals surface area contributed by atoms with Crippen molar-refractivity contribution < 1.29 is 19.1 Å². The van der Waals surface area contributed by atoms with Gasteiger partial charge in [-0.1, -0.05) is 13.3 Å². The van der Waals surface area contributed by atoms with Gasteiger partial charge in [-0.15, -0.1) is 0 Å². The quantitative estimate of drug-likeness (QED) is 0.811. The number of rotatable bonds is 3. The normalized spacial score (nSPS) is 26.4. The summed E-state index contributed by atoms with van der Waals surface area (Å²) in [5.41, 5.74) is 1.08. The van der Waals surface area contributed by atoms with Gasteiger partial charge in [0.25, 0.3) is 5.91 Å². The molecule has 2 N–H and O–H groups in total. The zero-order chi connectivity index (χ0) is 21.0. The second-order valence-corrected chi connectivity index (χ2v) is 8.39. The maximum Gasteiger partial charge on any atom is 0.257 e. The lowest BCUT2D eigenvalue weighted by Crippen LogP contribution is -2.44. The number of hydrogen-bond acceptors (Lipinski definition) is 5. The molecule has 1 aromatic rings. The zero-order valence-electron chi connectivity index (χ0n) is 17.9. The van der Waals surface area contributed by atoms with Crippen LogP contribution in [0.25, 0.3) is 0 Å². The maximum absolute atomic E-state index is 13.2. The van der Waals surface area contributed by atoms with Crippen molar-refractivity contribution in [2.75, 3.05) is 39.2 Å². The number of carbonyl (C=O) groups excluding carboxylic acids is 2. The molecule has 1 fully saturated rings. The van der Waals surface area contributed by atoms with Crippen LogP contribution >= 0.6 is 0 Å². The van der Waals surface area contributed by atoms with Crippen LogP contribution in [0.1, 0.15) is 43.5 Å². The first-order valence-electron chi connectivity index (χ1n) is 10.5. The predicted molar refractivity (Wildman–Crippen MR) is 112 cm³/mol. The molecule has 2 aliphatic rings. The van der Waals surface area contributed by atoms with Crippen molar-refractivity contribution in [1.29, 1.82) is 0 Å². The van der Waals surface area contributed by atoms with Gasteiger partial charge in [-0.3, -0.25) is 9.59 Å². The molecule has 1 aliphatic heterocycles. The molecule has 1 aliphatic carbocycles. The molecule has 3 atom stereocenters. The van der Waals surface area contributed by atoms with Crippen LogP contribution < -0.4 is 15.4 Å². The van der Waals surface area contributed by atoms with Crippen LogP contribution in [-0.2, 0) is 9.53 Å². The molecular weight excluding hydrogens is 370 g/mol. The Morgan fingerprint density at radius 1 is 1.31 bits per heavy atom. The highest BCUT2D eigenvalue weighted by Crippen LogP contribution is 2.29. The molecule has 1 heterocycles. The van der Waals surface area contributed by atoms with Gasteiger partial charge in [-0.25, -0.2) is 0 Å². The van der Waals surface area contributed by atoms with Crippen LogP contribution in [0.2, 0.25) is 0 Å². The largest absolute Gasteiger partial charge is 0.491 e. The molecule has 1 aromatic carbocycles. The molecule has 0 bridgehead atoms. The Bertz CT molecular complexity index is 735. The smallest absolute Gasteiger partial charge is 0.257 e. The van der Waals surface area contributed by atoms with Gasteiger partial charge in [0.15, 0.2) is 0 Å². The van der Waals surface area contributed by atoms with Gasteiger partial charge < -0.3 is 25.0 Å². The van der Waals surface area contributed by atoms with E-state index in [1.165, 1.54) is 0 Å². The Morgan fingerprint density at radius 2 is 2.07 bits per heavy atom. The van der Waals surface area contributed by atoms with Crippen molar-refractivity contribution in [3.05, 3.63) is 23.8 Å². The van der Waals surface area contributed by atoms with Gasteiger partial charge in [0.1, 0.15) is 12.4 Å². The molecule has 0 aromatic heterocycles. The summed E-state index contributed by atoms with van der Waals surface area (Å²) < 4.78 is 11.6. The van der Waals surface area contributed by atoms with Crippen molar-refractivity contribution >= 4 is 17.5 Å². The van der Waals surface area contributed by atoms with E-state index in [1.807, 2.05) is 0 Å². The first-order valence-corrected chi connectivity index (χ1v) is 10.5. The Morgan fingerprint density at radius 3 is 2.72 bits per heavy atom. The number of likely N-dealkylation sites (N-methyl/N-ethyl adjacent to an activating group) is 1. The molecule has 0 radical (unpaired) electrons. The van der Waals surface area contributed by atoms with Gasteiger partial charge in [0.05, 0.1) is 11.7 Å². The highest BCUT2D eigenvalue weighted by Gasteiger charge is 2.27. The average Bonchev–Trinajstić information content (AvgIpc) is 2.66. The molecule has 160 valence electrons. The zero-order valence-corrected chi connectivity index (χ0v) is 17.9. The van der Waals surface area contributed by atoms with Gasteiger partial charge in [-0.2, -0.15) is 0 Å². The van der Waals surface area contributed by atoms with Crippen LogP contribution in [0.5, 0.6) is 5.75 Å². The van der Waals surface area contributed by atoms with Crippen molar-refractivity contribution in [2.45, 2.75) is 45.3 Å². The number of methoxy groups -OCH3 is 1. The lowest BCUT2D eigenvalue weighted by molar-refractivity contribution is -0.122. The van der Waals surface area contributed by atoms with Crippen LogP contribution in [0.4, 0.5) is 5.69 Å². The predicted octanol–water partition coefficient (Wildman–Crippen LogP) is 2.52. The highest BCUT2D eigenvalue weighted by molar-refractivity contribution is 5.99. The Hall–Kier alpha value is -2.12. The topological polar surface area (TPSA) is 79.9 Å². The minimum absolute atomic E-state index is 0.0252. The van der Waals surface area contributed by atoms with Crippen LogP contribution in [-0.4, -0.2) is 62.7 Å². The Balaban J connectivity index is 1.85. The van der Waals surface area contributed by atoms with Gasteiger partial charge in [0, 0.05) is 44.9 Å². The fourth-order valence-electron chi connectivity index (χ4n) is 3.65. The maximum atomic E-state index is 13.2. The number of fused-ring (bicyclic) bond motifs is 1. The van der Waals surface area contributed by atoms with Crippen molar-refractivity contribution in [3.8, 4) is 5.75 Å². The van der Waals surface area contributed by atoms with Gasteiger partial charge >= 0.3 is 0 Å². The summed E-state index contributed by atoms with van der Waals surface area (Å²) in [6.45, 7) is 5.87. The highest BCUT2D eigenvalue weighted by atomic mass is 16.5. The summed E-state index contributed by atoms with van der Waals surface area (Å²) >= 11 is 0. The lowest BCUT2D eigenvalue weighted by Gasteiger charge is -2.30. The second-order valence-electron chi connectivity index (χ2n) is 8.39. The number of nitrogens with zero attached hydrogens (tertiary/aromatic N) is 1. The monoisotopic (exact) mass is 403 g/mol. The summed E-state index contributed by atoms with van der Waals surface area (Å²) in [5.74, 6) is 0.734. The van der Waals surface area contributed by atoms with E-state index in [2.05, 4.69) is 24.5 Å². The summed E-state index contributed by atoms with van der Waals surface area (Å²) in [5, 5.41) is 6.42. The first-order chi connectivity index (χ1) is 13.9. The molecule has 0 spiro atoms. The molecule has 3 rings (SSSR count). The molecule has 1 saturated carbocycles. The van der Waals surface area contributed by atoms with Crippen molar-refractivity contribution in [1.82, 2.24) is 10.2 Å². The number of benzene rings is 1. The molecule has 0 saturated heterocycles. The summed E-state index contributed by atoms with van der Waals surface area (Å²) in [4.78, 5) is 27.2. The SMILES string of the molecule is CO[C@H]1CN(C)C(=O)c2cc(NC(=O)C3CCC3)ccc2OC[C@@H](C)NC[C@@H]1C. The van der Waals surface area contributed by atoms with E-state index < -0.39 is 0 Å². The molecule has 7 heteroatoms. The number of nitrogens with one attached hydrogen (secondary N) is 2. The van der Waals surface area contributed by atoms with Crippen LogP contribution in [0.15, 0.2) is 18.2 Å². The van der Waals surface area contributed by atoms with E-state index in [0.717, 1.165) is 25.8 Å². The molecule has 2 amide bonds. The fourth-order valence-corrected chi connectivity index (χ4v) is 3.65. The first kappa shape index (κ1) is 21.6. The van der Waals surface area contributed by atoms with E-state index in [4.69, 9.17) is 9.47 Å². The Labute approximate surface area is 173 Å². The van der Waals surface area contributed by atoms with Crippen molar-refractivity contribution in [2.24, 2.45) is 11.8 Å². The minimum atomic E-state index is -0.143. The summed E-state index contributed by atoms with van der Waals surface area (Å²) in [7, 11) is 3.45. The summed E-state index contributed by atoms with van der Waals surface area (Å²) in [6, 6.07) is 5.42. The van der Waals surface area contributed by atoms with E-state index in [-0.39, 0.29) is 35.8 Å². The van der Waals surface area contributed by atoms with Crippen molar-refractivity contribution in [3.63, 3.8) is 0 Å². The standard InChI is InChI=1S/C22H33N3O4/c1-14-11-23-15(2)13-29-19-9-8-17(24-21(26)16-6-5-7-16)10-18(19)22(27)25(3)12-20(14)28-4/h8-10,14-16,20,23H,5-7,11-13H2,1-4H3,(H,24,26)/t14-,15+,20-/m0/s1. The number of amides is 2. The number of anilines is 1. The number of carbonyl (C=O) groups is 2. The van der Waals surface area contributed by atoms with E-state index in [0.29, 0.717) is 30.2 Å². The molecule has 7 nitrogen and oxygen atoms in total. The second kappa shape index (κ2) is 9.59. The minimum Gasteiger partial charge on any atom is -0.491 e. The van der Waals surface area contributed by atoms with Gasteiger partial charge in [-0.05, 0) is 43.9 Å². The molecule has 0 unspecified atom stereocenters. The van der Waals surface area contributed by atoms with E-state index in [9.17, 15) is 9.59 Å². The number of ether oxygens (including phenoxy) is 2. The van der Waals surface area contributed by atoms with E-state index >= 15 is 0 Å². The Kier molecular flexibility index (Phi) is 7.14. The summed E-state index contributed by atoms with van der Waals surface area (Å²) in [6.07, 6.45) is 2.89. The fraction of sp³-hybridized carbons (Fsp3) is 0.636. The van der Waals surface area contributed by atoms with E-state index in [1.54, 1.807) is 37.3 Å². The average molecular weight is 404 g/mol. The number of hydrogen-bond donors (Lipinski definition) is 2. The molecular formula is C22H33N3O4. The molecule has 29 heavy (non-hydrogen) atoms. The third-order valence-electron chi connectivity index (χ3n) is 5.97.